The Morgan fingerprint density at radius 2 is 1.67 bits per heavy atom. The van der Waals surface area contributed by atoms with E-state index in [-0.39, 0.29) is 10.8 Å². The van der Waals surface area contributed by atoms with E-state index in [9.17, 15) is 8.42 Å². The maximum Gasteiger partial charge on any atom is 0.264 e. The molecule has 2 atom stereocenters. The van der Waals surface area contributed by atoms with Crippen molar-refractivity contribution in [2.24, 2.45) is 5.41 Å². The van der Waals surface area contributed by atoms with Gasteiger partial charge in [0.25, 0.3) is 10.0 Å². The lowest BCUT2D eigenvalue weighted by Crippen LogP contribution is -2.39. The standard InChI is InChI=1S/C20H21NO2S/c1-16-8-6-7-11-18(16)24(22,23)21-13-12-19(2)14-20(19,15-21)17-9-4-3-5-10-17/h3-13H,14-15H2,1-2H3. The van der Waals surface area contributed by atoms with Gasteiger partial charge in [-0.1, -0.05) is 61.5 Å². The summed E-state index contributed by atoms with van der Waals surface area (Å²) in [5.74, 6) is 0. The van der Waals surface area contributed by atoms with Crippen molar-refractivity contribution in [3.63, 3.8) is 0 Å². The summed E-state index contributed by atoms with van der Waals surface area (Å²) in [5.41, 5.74) is 1.94. The highest BCUT2D eigenvalue weighted by molar-refractivity contribution is 7.89. The van der Waals surface area contributed by atoms with Gasteiger partial charge in [-0.15, -0.1) is 0 Å². The minimum Gasteiger partial charge on any atom is -0.273 e. The number of fused-ring (bicyclic) bond motifs is 1. The molecule has 24 heavy (non-hydrogen) atoms. The zero-order chi connectivity index (χ0) is 17.0. The average molecular weight is 339 g/mol. The highest BCUT2D eigenvalue weighted by atomic mass is 32.2. The normalized spacial score (nSPS) is 28.5. The average Bonchev–Trinajstić information content (AvgIpc) is 3.22. The molecule has 0 amide bonds. The molecule has 2 aromatic carbocycles. The maximum absolute atomic E-state index is 13.1. The molecule has 4 rings (SSSR count). The van der Waals surface area contributed by atoms with Gasteiger partial charge in [0.15, 0.2) is 0 Å². The predicted molar refractivity (Wildman–Crippen MR) is 95.1 cm³/mol. The number of benzene rings is 2. The van der Waals surface area contributed by atoms with Crippen molar-refractivity contribution in [1.82, 2.24) is 4.31 Å². The second-order valence-corrected chi connectivity index (χ2v) is 9.03. The van der Waals surface area contributed by atoms with Gasteiger partial charge >= 0.3 is 0 Å². The van der Waals surface area contributed by atoms with E-state index in [1.54, 1.807) is 18.3 Å². The third-order valence-corrected chi connectivity index (χ3v) is 7.56. The molecule has 0 bridgehead atoms. The van der Waals surface area contributed by atoms with Gasteiger partial charge in [0.05, 0.1) is 4.90 Å². The first-order chi connectivity index (χ1) is 11.4. The predicted octanol–water partition coefficient (Wildman–Crippen LogP) is 3.86. The lowest BCUT2D eigenvalue weighted by molar-refractivity contribution is 0.392. The third-order valence-electron chi connectivity index (χ3n) is 5.68. The van der Waals surface area contributed by atoms with E-state index in [0.29, 0.717) is 11.4 Å². The number of aryl methyl sites for hydroxylation is 1. The van der Waals surface area contributed by atoms with Crippen LogP contribution < -0.4 is 0 Å². The van der Waals surface area contributed by atoms with Gasteiger partial charge in [-0.3, -0.25) is 4.31 Å². The molecular formula is C20H21NO2S. The molecular weight excluding hydrogens is 318 g/mol. The molecule has 1 heterocycles. The summed E-state index contributed by atoms with van der Waals surface area (Å²) >= 11 is 0. The van der Waals surface area contributed by atoms with Crippen LogP contribution in [0.1, 0.15) is 24.5 Å². The largest absolute Gasteiger partial charge is 0.273 e. The van der Waals surface area contributed by atoms with Crippen molar-refractivity contribution in [3.8, 4) is 0 Å². The van der Waals surface area contributed by atoms with Crippen molar-refractivity contribution < 1.29 is 8.42 Å². The van der Waals surface area contributed by atoms with Crippen LogP contribution >= 0.6 is 0 Å². The van der Waals surface area contributed by atoms with Crippen molar-refractivity contribution in [2.45, 2.75) is 30.6 Å². The Labute approximate surface area is 143 Å². The molecule has 0 aromatic heterocycles. The topological polar surface area (TPSA) is 37.4 Å². The highest BCUT2D eigenvalue weighted by Gasteiger charge is 2.66. The minimum atomic E-state index is -3.53. The number of nitrogens with zero attached hydrogens (tertiary/aromatic N) is 1. The molecule has 2 unspecified atom stereocenters. The zero-order valence-electron chi connectivity index (χ0n) is 13.9. The lowest BCUT2D eigenvalue weighted by Gasteiger charge is -2.33. The fraction of sp³-hybridized carbons (Fsp3) is 0.300. The fourth-order valence-corrected chi connectivity index (χ4v) is 5.61. The van der Waals surface area contributed by atoms with Gasteiger partial charge in [-0.25, -0.2) is 8.42 Å². The van der Waals surface area contributed by atoms with Crippen LogP contribution in [0.2, 0.25) is 0 Å². The number of allylic oxidation sites excluding steroid dienone is 1. The molecule has 1 fully saturated rings. The molecule has 0 spiro atoms. The molecule has 0 N–H and O–H groups in total. The number of rotatable bonds is 3. The summed E-state index contributed by atoms with van der Waals surface area (Å²) in [7, 11) is -3.53. The fourth-order valence-electron chi connectivity index (χ4n) is 4.02. The molecule has 1 aliphatic carbocycles. The molecule has 3 nitrogen and oxygen atoms in total. The lowest BCUT2D eigenvalue weighted by atomic mass is 9.85. The monoisotopic (exact) mass is 339 g/mol. The van der Waals surface area contributed by atoms with Gasteiger partial charge < -0.3 is 0 Å². The van der Waals surface area contributed by atoms with E-state index in [1.165, 1.54) is 9.87 Å². The van der Waals surface area contributed by atoms with Crippen LogP contribution in [-0.2, 0) is 15.4 Å². The molecule has 4 heteroatoms. The summed E-state index contributed by atoms with van der Waals surface area (Å²) in [5, 5.41) is 0. The van der Waals surface area contributed by atoms with Gasteiger partial charge in [0.1, 0.15) is 0 Å². The van der Waals surface area contributed by atoms with Crippen LogP contribution in [0, 0.1) is 12.3 Å². The van der Waals surface area contributed by atoms with Crippen LogP contribution in [-0.4, -0.2) is 19.3 Å². The maximum atomic E-state index is 13.1. The number of sulfonamides is 1. The number of hydrogen-bond donors (Lipinski definition) is 0. The molecule has 0 radical (unpaired) electrons. The van der Waals surface area contributed by atoms with Crippen molar-refractivity contribution in [1.29, 1.82) is 0 Å². The van der Waals surface area contributed by atoms with Crippen LogP contribution in [0.5, 0.6) is 0 Å². The Balaban J connectivity index is 1.75. The van der Waals surface area contributed by atoms with Crippen LogP contribution in [0.15, 0.2) is 71.8 Å². The minimum absolute atomic E-state index is 0.0477. The number of hydrogen-bond acceptors (Lipinski definition) is 2. The molecule has 124 valence electrons. The van der Waals surface area contributed by atoms with E-state index in [4.69, 9.17) is 0 Å². The van der Waals surface area contributed by atoms with Crippen LogP contribution in [0.3, 0.4) is 0 Å². The van der Waals surface area contributed by atoms with Crippen molar-refractivity contribution in [3.05, 3.63) is 78.0 Å². The van der Waals surface area contributed by atoms with Gasteiger partial charge in [-0.05, 0) is 36.0 Å². The molecule has 1 aliphatic heterocycles. The van der Waals surface area contributed by atoms with E-state index in [2.05, 4.69) is 25.1 Å². The first-order valence-corrected chi connectivity index (χ1v) is 9.66. The molecule has 2 aliphatic rings. The van der Waals surface area contributed by atoms with Crippen molar-refractivity contribution in [2.75, 3.05) is 6.54 Å². The van der Waals surface area contributed by atoms with E-state index in [0.717, 1.165) is 12.0 Å². The van der Waals surface area contributed by atoms with E-state index >= 15 is 0 Å². The molecule has 2 aromatic rings. The first kappa shape index (κ1) is 15.5. The van der Waals surface area contributed by atoms with Crippen LogP contribution in [0.4, 0.5) is 0 Å². The van der Waals surface area contributed by atoms with E-state index in [1.807, 2.05) is 37.3 Å². The summed E-state index contributed by atoms with van der Waals surface area (Å²) in [6, 6.07) is 17.5. The Kier molecular flexibility index (Phi) is 3.20. The Morgan fingerprint density at radius 3 is 2.38 bits per heavy atom. The highest BCUT2D eigenvalue weighted by Crippen LogP contribution is 2.67. The molecule has 0 saturated heterocycles. The summed E-state index contributed by atoms with van der Waals surface area (Å²) in [6.07, 6.45) is 4.82. The smallest absolute Gasteiger partial charge is 0.264 e. The summed E-state index contributed by atoms with van der Waals surface area (Å²) in [4.78, 5) is 0.391. The second kappa shape index (κ2) is 4.96. The Hall–Kier alpha value is -2.07. The van der Waals surface area contributed by atoms with E-state index < -0.39 is 10.0 Å². The summed E-state index contributed by atoms with van der Waals surface area (Å²) < 4.78 is 27.8. The first-order valence-electron chi connectivity index (χ1n) is 8.22. The quantitative estimate of drug-likeness (QED) is 0.851. The van der Waals surface area contributed by atoms with Crippen LogP contribution in [0.25, 0.3) is 0 Å². The second-order valence-electron chi connectivity index (χ2n) is 7.17. The zero-order valence-corrected chi connectivity index (χ0v) is 14.8. The third kappa shape index (κ3) is 2.06. The SMILES string of the molecule is Cc1ccccc1S(=O)(=O)N1C=CC2(C)CC2(c2ccccc2)C1. The van der Waals surface area contributed by atoms with Crippen molar-refractivity contribution >= 4 is 10.0 Å². The Bertz CT molecular complexity index is 920. The van der Waals surface area contributed by atoms with Gasteiger partial charge in [0, 0.05) is 18.2 Å². The van der Waals surface area contributed by atoms with Gasteiger partial charge in [-0.2, -0.15) is 0 Å². The Morgan fingerprint density at radius 1 is 1.00 bits per heavy atom. The molecule has 1 saturated carbocycles. The summed E-state index contributed by atoms with van der Waals surface area (Å²) in [6.45, 7) is 4.56. The van der Waals surface area contributed by atoms with Gasteiger partial charge in [0.2, 0.25) is 0 Å².